The molecule has 2 aliphatic heterocycles. The van der Waals surface area contributed by atoms with E-state index >= 15 is 0 Å². The van der Waals surface area contributed by atoms with Crippen molar-refractivity contribution < 1.29 is 29.2 Å². The molecule has 12 heteroatoms. The minimum absolute atomic E-state index is 0.194. The number of β-amino-alcohol motifs (C(OH)–C–C–N with tert-alkyl or cyclic N) is 2. The molecule has 2 atom stereocenters. The quantitative estimate of drug-likeness (QED) is 0.302. The second-order valence-corrected chi connectivity index (χ2v) is 14.3. The molecule has 2 saturated heterocycles. The van der Waals surface area contributed by atoms with Crippen LogP contribution in [0.3, 0.4) is 0 Å². The first-order valence-electron chi connectivity index (χ1n) is 13.8. The molecule has 0 aliphatic carbocycles. The van der Waals surface area contributed by atoms with E-state index in [2.05, 4.69) is 112 Å². The SMILES string of the molecule is CC(C)(c1cc(Br)c(OCC(O)CN2CCOCC2)c(Br)c1)c1cc(Br)c(OCC(O)CN2CCOCC2)c(Br)c1. The van der Waals surface area contributed by atoms with Crippen LogP contribution in [-0.2, 0) is 14.9 Å². The fourth-order valence-electron chi connectivity index (χ4n) is 4.91. The van der Waals surface area contributed by atoms with Crippen molar-refractivity contribution in [2.75, 3.05) is 78.9 Å². The summed E-state index contributed by atoms with van der Waals surface area (Å²) in [5.74, 6) is 1.32. The van der Waals surface area contributed by atoms with E-state index in [1.807, 2.05) is 0 Å². The summed E-state index contributed by atoms with van der Waals surface area (Å²) in [5, 5.41) is 21.0. The van der Waals surface area contributed by atoms with E-state index in [0.717, 1.165) is 55.2 Å². The van der Waals surface area contributed by atoms with Gasteiger partial charge >= 0.3 is 0 Å². The highest BCUT2D eigenvalue weighted by Gasteiger charge is 2.28. The van der Waals surface area contributed by atoms with Gasteiger partial charge in [0, 0.05) is 44.7 Å². The monoisotopic (exact) mass is 826 g/mol. The Hall–Kier alpha value is -0.280. The van der Waals surface area contributed by atoms with Gasteiger partial charge < -0.3 is 29.2 Å². The van der Waals surface area contributed by atoms with Gasteiger partial charge in [0.25, 0.3) is 0 Å². The molecule has 2 aromatic carbocycles. The lowest BCUT2D eigenvalue weighted by molar-refractivity contribution is 0.00439. The Morgan fingerprint density at radius 3 is 1.32 bits per heavy atom. The molecule has 0 amide bonds. The van der Waals surface area contributed by atoms with Crippen LogP contribution in [0.4, 0.5) is 0 Å². The number of aliphatic hydroxyl groups excluding tert-OH is 2. The first-order valence-corrected chi connectivity index (χ1v) is 16.9. The van der Waals surface area contributed by atoms with Crippen molar-refractivity contribution >= 4 is 63.7 Å². The second kappa shape index (κ2) is 15.6. The lowest BCUT2D eigenvalue weighted by Crippen LogP contribution is -2.42. The zero-order chi connectivity index (χ0) is 29.6. The van der Waals surface area contributed by atoms with Crippen LogP contribution in [0.1, 0.15) is 25.0 Å². The van der Waals surface area contributed by atoms with E-state index in [4.69, 9.17) is 18.9 Å². The zero-order valence-corrected chi connectivity index (χ0v) is 29.7. The largest absolute Gasteiger partial charge is 0.488 e. The van der Waals surface area contributed by atoms with Gasteiger partial charge in [0.2, 0.25) is 0 Å². The molecule has 0 aromatic heterocycles. The van der Waals surface area contributed by atoms with Crippen LogP contribution in [-0.4, -0.2) is 111 Å². The van der Waals surface area contributed by atoms with E-state index in [9.17, 15) is 10.2 Å². The fraction of sp³-hybridized carbons (Fsp3) is 0.586. The molecular weight excluding hydrogens is 792 g/mol. The van der Waals surface area contributed by atoms with E-state index in [1.54, 1.807) is 0 Å². The maximum Gasteiger partial charge on any atom is 0.147 e. The van der Waals surface area contributed by atoms with Crippen molar-refractivity contribution in [2.24, 2.45) is 0 Å². The number of rotatable bonds is 12. The van der Waals surface area contributed by atoms with Crippen molar-refractivity contribution in [3.8, 4) is 11.5 Å². The van der Waals surface area contributed by atoms with Crippen LogP contribution in [0, 0.1) is 0 Å². The smallest absolute Gasteiger partial charge is 0.147 e. The Kier molecular flexibility index (Phi) is 12.8. The van der Waals surface area contributed by atoms with Crippen LogP contribution < -0.4 is 9.47 Å². The summed E-state index contributed by atoms with van der Waals surface area (Å²) in [6.07, 6.45) is -1.20. The number of nitrogens with zero attached hydrogens (tertiary/aromatic N) is 2. The first-order chi connectivity index (χ1) is 19.5. The molecule has 2 aliphatic rings. The third kappa shape index (κ3) is 9.36. The third-order valence-electron chi connectivity index (χ3n) is 7.43. The van der Waals surface area contributed by atoms with E-state index in [1.165, 1.54) is 0 Å². The molecule has 2 aromatic rings. The average Bonchev–Trinajstić information content (AvgIpc) is 2.93. The van der Waals surface area contributed by atoms with Gasteiger partial charge in [-0.3, -0.25) is 9.80 Å². The Labute approximate surface area is 276 Å². The maximum atomic E-state index is 10.5. The van der Waals surface area contributed by atoms with Gasteiger partial charge in [0.1, 0.15) is 36.9 Å². The Morgan fingerprint density at radius 2 is 1.00 bits per heavy atom. The van der Waals surface area contributed by atoms with E-state index in [0.29, 0.717) is 51.0 Å². The van der Waals surface area contributed by atoms with Gasteiger partial charge in [-0.1, -0.05) is 13.8 Å². The highest BCUT2D eigenvalue weighted by atomic mass is 79.9. The second-order valence-electron chi connectivity index (χ2n) is 10.9. The highest BCUT2D eigenvalue weighted by Crippen LogP contribution is 2.44. The number of halogens is 4. The van der Waals surface area contributed by atoms with Gasteiger partial charge in [-0.15, -0.1) is 0 Å². The lowest BCUT2D eigenvalue weighted by atomic mass is 9.78. The molecule has 0 radical (unpaired) electrons. The van der Waals surface area contributed by atoms with Crippen molar-refractivity contribution in [3.63, 3.8) is 0 Å². The van der Waals surface area contributed by atoms with Gasteiger partial charge in [-0.25, -0.2) is 0 Å². The predicted molar refractivity (Wildman–Crippen MR) is 173 cm³/mol. The summed E-state index contributed by atoms with van der Waals surface area (Å²) < 4.78 is 26.0. The summed E-state index contributed by atoms with van der Waals surface area (Å²) in [6.45, 7) is 11.9. The molecule has 41 heavy (non-hydrogen) atoms. The molecule has 0 bridgehead atoms. The number of hydrogen-bond acceptors (Lipinski definition) is 8. The van der Waals surface area contributed by atoms with Crippen LogP contribution in [0.2, 0.25) is 0 Å². The minimum atomic E-state index is -0.598. The summed E-state index contributed by atoms with van der Waals surface area (Å²) in [5.41, 5.74) is 1.79. The molecule has 4 rings (SSSR count). The summed E-state index contributed by atoms with van der Waals surface area (Å²) in [4.78, 5) is 4.38. The number of aliphatic hydroxyl groups is 2. The molecule has 2 fully saturated rings. The normalized spacial score (nSPS) is 18.7. The summed E-state index contributed by atoms with van der Waals surface area (Å²) >= 11 is 14.7. The third-order valence-corrected chi connectivity index (χ3v) is 9.78. The van der Waals surface area contributed by atoms with Gasteiger partial charge in [-0.05, 0) is 99.1 Å². The van der Waals surface area contributed by atoms with Crippen molar-refractivity contribution in [3.05, 3.63) is 53.3 Å². The van der Waals surface area contributed by atoms with Crippen molar-refractivity contribution in [1.29, 1.82) is 0 Å². The molecule has 0 saturated carbocycles. The fourth-order valence-corrected chi connectivity index (χ4v) is 7.74. The minimum Gasteiger partial charge on any atom is -0.488 e. The van der Waals surface area contributed by atoms with Crippen molar-refractivity contribution in [1.82, 2.24) is 9.80 Å². The molecule has 8 nitrogen and oxygen atoms in total. The Morgan fingerprint density at radius 1 is 0.683 bits per heavy atom. The van der Waals surface area contributed by atoms with Gasteiger partial charge in [-0.2, -0.15) is 0 Å². The molecule has 2 N–H and O–H groups in total. The molecule has 0 spiro atoms. The molecule has 228 valence electrons. The zero-order valence-electron chi connectivity index (χ0n) is 23.4. The highest BCUT2D eigenvalue weighted by molar-refractivity contribution is 9.11. The van der Waals surface area contributed by atoms with Crippen LogP contribution in [0.25, 0.3) is 0 Å². The number of hydrogen-bond donors (Lipinski definition) is 2. The Bertz CT molecular complexity index is 1020. The van der Waals surface area contributed by atoms with E-state index < -0.39 is 12.2 Å². The molecule has 2 heterocycles. The van der Waals surface area contributed by atoms with Crippen molar-refractivity contribution in [2.45, 2.75) is 31.5 Å². The van der Waals surface area contributed by atoms with Crippen LogP contribution in [0.15, 0.2) is 42.2 Å². The van der Waals surface area contributed by atoms with Crippen LogP contribution >= 0.6 is 63.7 Å². The number of ether oxygens (including phenoxy) is 4. The molecule has 2 unspecified atom stereocenters. The maximum absolute atomic E-state index is 10.5. The van der Waals surface area contributed by atoms with E-state index in [-0.39, 0.29) is 18.6 Å². The lowest BCUT2D eigenvalue weighted by Gasteiger charge is -2.30. The molecular formula is C29H38Br4N2O6. The summed E-state index contributed by atoms with van der Waals surface area (Å²) in [7, 11) is 0. The Balaban J connectivity index is 1.40. The van der Waals surface area contributed by atoms with Gasteiger partial charge in [0.15, 0.2) is 0 Å². The standard InChI is InChI=1S/C29H38Br4N2O6/c1-29(2,19-11-23(30)27(24(31)12-19)40-17-21(36)15-34-3-7-38-8-4-34)20-13-25(32)28(26(33)14-20)41-18-22(37)16-35-5-9-39-10-6-35/h11-14,21-22,36-37H,3-10,15-18H2,1-2H3. The predicted octanol–water partition coefficient (Wildman–Crippen LogP) is 5.21. The number of morpholine rings is 2. The summed E-state index contributed by atoms with van der Waals surface area (Å²) in [6, 6.07) is 8.23. The topological polar surface area (TPSA) is 83.9 Å². The average molecular weight is 830 g/mol. The first kappa shape index (κ1) is 33.6. The van der Waals surface area contributed by atoms with Gasteiger partial charge in [0.05, 0.1) is 44.3 Å². The number of benzene rings is 2. The van der Waals surface area contributed by atoms with Crippen LogP contribution in [0.5, 0.6) is 11.5 Å².